The summed E-state index contributed by atoms with van der Waals surface area (Å²) in [6.07, 6.45) is 0.337. The number of methoxy groups -OCH3 is 1. The molecule has 0 aliphatic rings. The van der Waals surface area contributed by atoms with Crippen LogP contribution in [0, 0.1) is 5.82 Å². The molecule has 0 radical (unpaired) electrons. The number of ether oxygens (including phenoxy) is 1. The number of benzene rings is 2. The third kappa shape index (κ3) is 3.68. The summed E-state index contributed by atoms with van der Waals surface area (Å²) < 4.78 is 24.1. The van der Waals surface area contributed by atoms with E-state index < -0.39 is 5.91 Å². The molecule has 0 atom stereocenters. The van der Waals surface area contributed by atoms with Gasteiger partial charge in [0.25, 0.3) is 5.91 Å². The lowest BCUT2D eigenvalue weighted by Crippen LogP contribution is -2.26. The summed E-state index contributed by atoms with van der Waals surface area (Å²) in [6.45, 7) is 0.222. The number of carbonyl (C=O) groups is 1. The van der Waals surface area contributed by atoms with Gasteiger partial charge in [-0.2, -0.15) is 0 Å². The van der Waals surface area contributed by atoms with Crippen LogP contribution in [0.5, 0.6) is 5.75 Å². The molecule has 1 amide bonds. The van der Waals surface area contributed by atoms with Gasteiger partial charge in [0.2, 0.25) is 0 Å². The van der Waals surface area contributed by atoms with Gasteiger partial charge in [-0.1, -0.05) is 18.2 Å². The first-order valence-corrected chi connectivity index (χ1v) is 7.72. The molecular formula is C19H16FNO4. The maximum atomic E-state index is 13.6. The van der Waals surface area contributed by atoms with Crippen LogP contribution < -0.4 is 15.5 Å². The summed E-state index contributed by atoms with van der Waals surface area (Å²) >= 11 is 0. The minimum absolute atomic E-state index is 0.0979. The highest BCUT2D eigenvalue weighted by Gasteiger charge is 2.13. The van der Waals surface area contributed by atoms with E-state index in [0.717, 1.165) is 6.07 Å². The van der Waals surface area contributed by atoms with Crippen LogP contribution in [0.1, 0.15) is 16.1 Å². The van der Waals surface area contributed by atoms with E-state index in [9.17, 15) is 14.0 Å². The van der Waals surface area contributed by atoms with Crippen molar-refractivity contribution in [2.24, 2.45) is 0 Å². The average Bonchev–Trinajstić information content (AvgIpc) is 2.62. The molecule has 1 aromatic heterocycles. The van der Waals surface area contributed by atoms with E-state index in [2.05, 4.69) is 5.32 Å². The van der Waals surface area contributed by atoms with Crippen molar-refractivity contribution in [2.75, 3.05) is 13.7 Å². The Bertz CT molecular complexity index is 981. The molecule has 0 saturated heterocycles. The highest BCUT2D eigenvalue weighted by Crippen LogP contribution is 2.19. The zero-order chi connectivity index (χ0) is 17.8. The molecule has 128 valence electrons. The van der Waals surface area contributed by atoms with Gasteiger partial charge in [0.05, 0.1) is 12.5 Å². The number of nitrogens with one attached hydrogen (secondary N) is 1. The second-order valence-electron chi connectivity index (χ2n) is 5.43. The fourth-order valence-corrected chi connectivity index (χ4v) is 2.47. The van der Waals surface area contributed by atoms with E-state index in [1.54, 1.807) is 36.4 Å². The molecule has 0 spiro atoms. The summed E-state index contributed by atoms with van der Waals surface area (Å²) in [5, 5.41) is 2.99. The quantitative estimate of drug-likeness (QED) is 0.775. The maximum absolute atomic E-state index is 13.6. The fraction of sp³-hybridized carbons (Fsp3) is 0.158. The normalized spacial score (nSPS) is 10.6. The summed E-state index contributed by atoms with van der Waals surface area (Å²) in [6, 6.07) is 12.3. The molecule has 0 unspecified atom stereocenters. The first-order chi connectivity index (χ1) is 12.1. The van der Waals surface area contributed by atoms with Gasteiger partial charge in [-0.05, 0) is 30.2 Å². The SMILES string of the molecule is COc1ccc2c(=O)cc(C(=O)NCCc3ccccc3F)oc2c1. The molecular weight excluding hydrogens is 325 g/mol. The number of rotatable bonds is 5. The standard InChI is InChI=1S/C19H16FNO4/c1-24-13-6-7-14-16(22)11-18(25-17(14)10-13)19(23)21-9-8-12-4-2-3-5-15(12)20/h2-7,10-11H,8-9H2,1H3,(H,21,23). The lowest BCUT2D eigenvalue weighted by molar-refractivity contribution is 0.0927. The highest BCUT2D eigenvalue weighted by molar-refractivity contribution is 5.93. The molecule has 0 aliphatic heterocycles. The van der Waals surface area contributed by atoms with Crippen molar-refractivity contribution in [1.29, 1.82) is 0 Å². The second-order valence-corrected chi connectivity index (χ2v) is 5.43. The number of hydrogen-bond acceptors (Lipinski definition) is 4. The topological polar surface area (TPSA) is 68.5 Å². The smallest absolute Gasteiger partial charge is 0.287 e. The van der Waals surface area contributed by atoms with E-state index in [-0.39, 0.29) is 29.1 Å². The van der Waals surface area contributed by atoms with Crippen molar-refractivity contribution in [2.45, 2.75) is 6.42 Å². The van der Waals surface area contributed by atoms with Gasteiger partial charge in [-0.3, -0.25) is 9.59 Å². The van der Waals surface area contributed by atoms with Crippen molar-refractivity contribution >= 4 is 16.9 Å². The van der Waals surface area contributed by atoms with E-state index >= 15 is 0 Å². The predicted octanol–water partition coefficient (Wildman–Crippen LogP) is 2.91. The van der Waals surface area contributed by atoms with Crippen LogP contribution in [0.2, 0.25) is 0 Å². The Balaban J connectivity index is 1.75. The largest absolute Gasteiger partial charge is 0.497 e. The van der Waals surface area contributed by atoms with Gasteiger partial charge in [0, 0.05) is 18.7 Å². The Labute approximate surface area is 143 Å². The molecule has 1 N–H and O–H groups in total. The maximum Gasteiger partial charge on any atom is 0.287 e. The molecule has 2 aromatic carbocycles. The minimum Gasteiger partial charge on any atom is -0.497 e. The molecule has 6 heteroatoms. The lowest BCUT2D eigenvalue weighted by atomic mass is 10.1. The van der Waals surface area contributed by atoms with Gasteiger partial charge in [0.15, 0.2) is 11.2 Å². The summed E-state index contributed by atoms with van der Waals surface area (Å²) in [4.78, 5) is 24.3. The zero-order valence-electron chi connectivity index (χ0n) is 13.5. The Morgan fingerprint density at radius 2 is 2.00 bits per heavy atom. The van der Waals surface area contributed by atoms with E-state index in [4.69, 9.17) is 9.15 Å². The van der Waals surface area contributed by atoms with Crippen LogP contribution in [0.4, 0.5) is 4.39 Å². The molecule has 0 bridgehead atoms. The van der Waals surface area contributed by atoms with Crippen molar-refractivity contribution in [3.8, 4) is 5.75 Å². The summed E-state index contributed by atoms with van der Waals surface area (Å²) in [5.41, 5.74) is 0.460. The lowest BCUT2D eigenvalue weighted by Gasteiger charge is -2.07. The van der Waals surface area contributed by atoms with Crippen molar-refractivity contribution < 1.29 is 18.3 Å². The van der Waals surface area contributed by atoms with E-state index in [1.165, 1.54) is 13.2 Å². The monoisotopic (exact) mass is 341 g/mol. The zero-order valence-corrected chi connectivity index (χ0v) is 13.5. The van der Waals surface area contributed by atoms with Gasteiger partial charge in [-0.25, -0.2) is 4.39 Å². The number of halogens is 1. The minimum atomic E-state index is -0.529. The molecule has 5 nitrogen and oxygen atoms in total. The van der Waals surface area contributed by atoms with Gasteiger partial charge in [-0.15, -0.1) is 0 Å². The Hall–Kier alpha value is -3.15. The number of fused-ring (bicyclic) bond motifs is 1. The van der Waals surface area contributed by atoms with Gasteiger partial charge in [0.1, 0.15) is 17.1 Å². The van der Waals surface area contributed by atoms with Crippen LogP contribution in [0.15, 0.2) is 57.7 Å². The molecule has 0 aliphatic carbocycles. The summed E-state index contributed by atoms with van der Waals surface area (Å²) in [5.74, 6) is -0.425. The Morgan fingerprint density at radius 3 is 2.76 bits per heavy atom. The van der Waals surface area contributed by atoms with Gasteiger partial charge >= 0.3 is 0 Å². The van der Waals surface area contributed by atoms with Gasteiger partial charge < -0.3 is 14.5 Å². The molecule has 3 rings (SSSR count). The van der Waals surface area contributed by atoms with Crippen molar-refractivity contribution in [3.05, 3.63) is 75.9 Å². The molecule has 25 heavy (non-hydrogen) atoms. The number of carbonyl (C=O) groups excluding carboxylic acids is 1. The van der Waals surface area contributed by atoms with Crippen LogP contribution in [-0.2, 0) is 6.42 Å². The number of amides is 1. The predicted molar refractivity (Wildman–Crippen MR) is 91.5 cm³/mol. The number of hydrogen-bond donors (Lipinski definition) is 1. The first kappa shape index (κ1) is 16.7. The Morgan fingerprint density at radius 1 is 1.20 bits per heavy atom. The van der Waals surface area contributed by atoms with Crippen LogP contribution in [0.3, 0.4) is 0 Å². The second kappa shape index (κ2) is 7.17. The molecule has 3 aromatic rings. The third-order valence-electron chi connectivity index (χ3n) is 3.80. The van der Waals surface area contributed by atoms with Crippen LogP contribution >= 0.6 is 0 Å². The third-order valence-corrected chi connectivity index (χ3v) is 3.80. The van der Waals surface area contributed by atoms with Crippen LogP contribution in [-0.4, -0.2) is 19.6 Å². The fourth-order valence-electron chi connectivity index (χ4n) is 2.47. The van der Waals surface area contributed by atoms with Crippen LogP contribution in [0.25, 0.3) is 11.0 Å². The van der Waals surface area contributed by atoms with E-state index in [1.807, 2.05) is 0 Å². The molecule has 0 fully saturated rings. The Kier molecular flexibility index (Phi) is 4.79. The van der Waals surface area contributed by atoms with Crippen molar-refractivity contribution in [3.63, 3.8) is 0 Å². The highest BCUT2D eigenvalue weighted by atomic mass is 19.1. The van der Waals surface area contributed by atoms with Crippen molar-refractivity contribution in [1.82, 2.24) is 5.32 Å². The first-order valence-electron chi connectivity index (χ1n) is 7.72. The molecule has 0 saturated carbocycles. The average molecular weight is 341 g/mol. The molecule has 1 heterocycles. The van der Waals surface area contributed by atoms with E-state index in [0.29, 0.717) is 23.1 Å². The summed E-state index contributed by atoms with van der Waals surface area (Å²) in [7, 11) is 1.50.